The van der Waals surface area contributed by atoms with E-state index < -0.39 is 0 Å². The van der Waals surface area contributed by atoms with Crippen molar-refractivity contribution in [3.8, 4) is 5.75 Å². The highest BCUT2D eigenvalue weighted by Crippen LogP contribution is 2.18. The monoisotopic (exact) mass is 242 g/mol. The van der Waals surface area contributed by atoms with Gasteiger partial charge in [0.25, 0.3) is 5.91 Å². The molecule has 0 heterocycles. The number of benzene rings is 2. The minimum absolute atomic E-state index is 0.108. The summed E-state index contributed by atoms with van der Waals surface area (Å²) >= 11 is 0. The van der Waals surface area contributed by atoms with E-state index in [4.69, 9.17) is 5.73 Å². The number of aromatic hydroxyl groups is 1. The molecular weight excluding hydrogens is 228 g/mol. The highest BCUT2D eigenvalue weighted by Gasteiger charge is 2.07. The number of carbonyl (C=O) groups is 1. The van der Waals surface area contributed by atoms with Gasteiger partial charge in [0.1, 0.15) is 5.75 Å². The zero-order chi connectivity index (χ0) is 13.1. The van der Waals surface area contributed by atoms with Gasteiger partial charge in [0, 0.05) is 23.0 Å². The fraction of sp³-hybridized carbons (Fsp3) is 0.0714. The Morgan fingerprint density at radius 3 is 2.67 bits per heavy atom. The van der Waals surface area contributed by atoms with Gasteiger partial charge in [-0.05, 0) is 36.8 Å². The molecule has 0 aliphatic rings. The van der Waals surface area contributed by atoms with Gasteiger partial charge in [-0.2, -0.15) is 0 Å². The van der Waals surface area contributed by atoms with Gasteiger partial charge in [0.15, 0.2) is 0 Å². The maximum Gasteiger partial charge on any atom is 0.255 e. The van der Waals surface area contributed by atoms with E-state index in [0.717, 1.165) is 5.56 Å². The summed E-state index contributed by atoms with van der Waals surface area (Å²) in [6, 6.07) is 11.5. The maximum absolute atomic E-state index is 11.9. The van der Waals surface area contributed by atoms with E-state index in [2.05, 4.69) is 5.32 Å². The second kappa shape index (κ2) is 4.79. The van der Waals surface area contributed by atoms with Crippen LogP contribution in [0.5, 0.6) is 5.75 Å². The predicted molar refractivity (Wildman–Crippen MR) is 71.7 cm³/mol. The number of anilines is 2. The van der Waals surface area contributed by atoms with Crippen LogP contribution in [0.15, 0.2) is 42.5 Å². The van der Waals surface area contributed by atoms with Crippen molar-refractivity contribution >= 4 is 17.3 Å². The molecule has 0 aromatic heterocycles. The first-order valence-corrected chi connectivity index (χ1v) is 5.53. The number of phenols is 1. The third-order valence-corrected chi connectivity index (χ3v) is 2.65. The zero-order valence-corrected chi connectivity index (χ0v) is 9.97. The Morgan fingerprint density at radius 1 is 1.22 bits per heavy atom. The van der Waals surface area contributed by atoms with Crippen LogP contribution in [0, 0.1) is 6.92 Å². The van der Waals surface area contributed by atoms with E-state index in [1.54, 1.807) is 36.4 Å². The van der Waals surface area contributed by atoms with Crippen molar-refractivity contribution in [2.75, 3.05) is 11.1 Å². The van der Waals surface area contributed by atoms with Crippen molar-refractivity contribution in [2.45, 2.75) is 6.92 Å². The normalized spacial score (nSPS) is 10.1. The number of nitrogens with one attached hydrogen (secondary N) is 1. The topological polar surface area (TPSA) is 75.3 Å². The molecule has 4 N–H and O–H groups in total. The Labute approximate surface area is 105 Å². The zero-order valence-electron chi connectivity index (χ0n) is 9.97. The molecule has 0 saturated heterocycles. The smallest absolute Gasteiger partial charge is 0.255 e. The Balaban J connectivity index is 2.19. The van der Waals surface area contributed by atoms with Crippen molar-refractivity contribution < 1.29 is 9.90 Å². The molecule has 4 heteroatoms. The summed E-state index contributed by atoms with van der Waals surface area (Å²) in [7, 11) is 0. The van der Waals surface area contributed by atoms with Gasteiger partial charge in [-0.1, -0.05) is 12.1 Å². The van der Waals surface area contributed by atoms with Crippen LogP contribution in [0.2, 0.25) is 0 Å². The number of hydrogen-bond donors (Lipinski definition) is 3. The van der Waals surface area contributed by atoms with Crippen molar-refractivity contribution in [3.63, 3.8) is 0 Å². The summed E-state index contributed by atoms with van der Waals surface area (Å²) in [6.07, 6.45) is 0. The lowest BCUT2D eigenvalue weighted by Crippen LogP contribution is -2.12. The third-order valence-electron chi connectivity index (χ3n) is 2.65. The minimum Gasteiger partial charge on any atom is -0.508 e. The number of hydrogen-bond acceptors (Lipinski definition) is 3. The molecule has 0 aliphatic heterocycles. The van der Waals surface area contributed by atoms with Crippen LogP contribution in [0.4, 0.5) is 11.4 Å². The van der Waals surface area contributed by atoms with Crippen LogP contribution in [0.1, 0.15) is 15.9 Å². The van der Waals surface area contributed by atoms with Gasteiger partial charge in [-0.3, -0.25) is 4.79 Å². The highest BCUT2D eigenvalue weighted by molar-refractivity contribution is 6.04. The number of rotatable bonds is 2. The number of amides is 1. The van der Waals surface area contributed by atoms with Crippen molar-refractivity contribution in [1.29, 1.82) is 0 Å². The van der Waals surface area contributed by atoms with Gasteiger partial charge < -0.3 is 16.2 Å². The molecule has 0 spiro atoms. The third kappa shape index (κ3) is 2.60. The van der Waals surface area contributed by atoms with Gasteiger partial charge in [-0.15, -0.1) is 0 Å². The van der Waals surface area contributed by atoms with E-state index in [1.165, 1.54) is 6.07 Å². The number of aryl methyl sites for hydroxylation is 1. The molecule has 2 rings (SSSR count). The molecule has 18 heavy (non-hydrogen) atoms. The summed E-state index contributed by atoms with van der Waals surface area (Å²) in [4.78, 5) is 11.9. The molecule has 0 saturated carbocycles. The summed E-state index contributed by atoms with van der Waals surface area (Å²) in [5, 5.41) is 12.0. The van der Waals surface area contributed by atoms with E-state index in [-0.39, 0.29) is 11.7 Å². The van der Waals surface area contributed by atoms with Crippen LogP contribution in [-0.2, 0) is 0 Å². The largest absolute Gasteiger partial charge is 0.508 e. The summed E-state index contributed by atoms with van der Waals surface area (Å²) in [6.45, 7) is 1.88. The number of nitrogens with two attached hydrogens (primary N) is 1. The molecule has 2 aromatic rings. The van der Waals surface area contributed by atoms with Crippen LogP contribution >= 0.6 is 0 Å². The number of carbonyl (C=O) groups excluding carboxylic acids is 1. The predicted octanol–water partition coefficient (Wildman–Crippen LogP) is 2.54. The van der Waals surface area contributed by atoms with E-state index >= 15 is 0 Å². The van der Waals surface area contributed by atoms with Crippen molar-refractivity contribution in [1.82, 2.24) is 0 Å². The van der Waals surface area contributed by atoms with Crippen LogP contribution in [0.3, 0.4) is 0 Å². The molecule has 0 radical (unpaired) electrons. The number of phenolic OH excluding ortho intramolecular Hbond substituents is 1. The molecular formula is C14H14N2O2. The molecule has 2 aromatic carbocycles. The second-order valence-electron chi connectivity index (χ2n) is 4.08. The molecule has 0 atom stereocenters. The molecule has 0 unspecified atom stereocenters. The Kier molecular flexibility index (Phi) is 3.19. The quantitative estimate of drug-likeness (QED) is 0.708. The van der Waals surface area contributed by atoms with Crippen LogP contribution in [0.25, 0.3) is 0 Å². The SMILES string of the molecule is Cc1ccc(C(=O)Nc2cccc(O)c2)cc1N. The van der Waals surface area contributed by atoms with Gasteiger partial charge in [0.2, 0.25) is 0 Å². The van der Waals surface area contributed by atoms with Crippen LogP contribution in [-0.4, -0.2) is 11.0 Å². The second-order valence-corrected chi connectivity index (χ2v) is 4.08. The highest BCUT2D eigenvalue weighted by atomic mass is 16.3. The molecule has 4 nitrogen and oxygen atoms in total. The van der Waals surface area contributed by atoms with Crippen LogP contribution < -0.4 is 11.1 Å². The molecule has 92 valence electrons. The van der Waals surface area contributed by atoms with Gasteiger partial charge in [-0.25, -0.2) is 0 Å². The van der Waals surface area contributed by atoms with Crippen molar-refractivity contribution in [3.05, 3.63) is 53.6 Å². The Hall–Kier alpha value is -2.49. The lowest BCUT2D eigenvalue weighted by Gasteiger charge is -2.07. The summed E-state index contributed by atoms with van der Waals surface area (Å²) in [5.41, 5.74) is 8.30. The lowest BCUT2D eigenvalue weighted by molar-refractivity contribution is 0.102. The average Bonchev–Trinajstić information content (AvgIpc) is 2.32. The standard InChI is InChI=1S/C14H14N2O2/c1-9-5-6-10(7-13(9)15)14(18)16-11-3-2-4-12(17)8-11/h2-8,17H,15H2,1H3,(H,16,18). The van der Waals surface area contributed by atoms with E-state index in [1.807, 2.05) is 6.92 Å². The first-order chi connectivity index (χ1) is 8.56. The molecule has 0 fully saturated rings. The van der Waals surface area contributed by atoms with Gasteiger partial charge >= 0.3 is 0 Å². The fourth-order valence-corrected chi connectivity index (χ4v) is 1.57. The lowest BCUT2D eigenvalue weighted by atomic mass is 10.1. The number of nitrogen functional groups attached to an aromatic ring is 1. The summed E-state index contributed by atoms with van der Waals surface area (Å²) < 4.78 is 0. The Morgan fingerprint density at radius 2 is 2.00 bits per heavy atom. The molecule has 1 amide bonds. The molecule has 0 aliphatic carbocycles. The Bertz CT molecular complexity index is 594. The molecule has 0 bridgehead atoms. The average molecular weight is 242 g/mol. The fourth-order valence-electron chi connectivity index (χ4n) is 1.57. The van der Waals surface area contributed by atoms with Crippen molar-refractivity contribution in [2.24, 2.45) is 0 Å². The minimum atomic E-state index is -0.257. The van der Waals surface area contributed by atoms with Gasteiger partial charge in [0.05, 0.1) is 0 Å². The maximum atomic E-state index is 11.9. The summed E-state index contributed by atoms with van der Waals surface area (Å²) in [5.74, 6) is -0.150. The first-order valence-electron chi connectivity index (χ1n) is 5.53. The van der Waals surface area contributed by atoms with E-state index in [0.29, 0.717) is 16.9 Å². The van der Waals surface area contributed by atoms with E-state index in [9.17, 15) is 9.90 Å². The first kappa shape index (κ1) is 12.0.